The van der Waals surface area contributed by atoms with Gasteiger partial charge in [-0.15, -0.1) is 0 Å². The van der Waals surface area contributed by atoms with Crippen molar-refractivity contribution in [3.63, 3.8) is 0 Å². The summed E-state index contributed by atoms with van der Waals surface area (Å²) in [6.45, 7) is 3.18. The van der Waals surface area contributed by atoms with Crippen LogP contribution >= 0.6 is 0 Å². The Labute approximate surface area is 107 Å². The highest BCUT2D eigenvalue weighted by molar-refractivity contribution is 5.87. The predicted octanol–water partition coefficient (Wildman–Crippen LogP) is 2.03. The standard InChI is InChI=1S/C13H19N3O2/c1-3-10-6-4-5-7-16(10)12-8-11(13(17)18-2)14-9-15-12/h8-10H,3-7H2,1-2H3/t10-/m0/s1. The second-order valence-corrected chi connectivity index (χ2v) is 4.50. The minimum absolute atomic E-state index is 0.322. The van der Waals surface area contributed by atoms with Crippen molar-refractivity contribution in [1.29, 1.82) is 0 Å². The molecule has 0 N–H and O–H groups in total. The quantitative estimate of drug-likeness (QED) is 0.767. The maximum atomic E-state index is 11.5. The van der Waals surface area contributed by atoms with Gasteiger partial charge in [-0.3, -0.25) is 0 Å². The van der Waals surface area contributed by atoms with E-state index < -0.39 is 5.97 Å². The zero-order valence-electron chi connectivity index (χ0n) is 10.9. The lowest BCUT2D eigenvalue weighted by Gasteiger charge is -2.36. The first-order chi connectivity index (χ1) is 8.76. The van der Waals surface area contributed by atoms with Crippen molar-refractivity contribution in [3.8, 4) is 0 Å². The Hall–Kier alpha value is -1.65. The number of carbonyl (C=O) groups is 1. The molecule has 1 aromatic heterocycles. The highest BCUT2D eigenvalue weighted by Gasteiger charge is 2.23. The number of ether oxygens (including phenoxy) is 1. The van der Waals surface area contributed by atoms with Gasteiger partial charge < -0.3 is 9.64 Å². The molecule has 0 bridgehead atoms. The Balaban J connectivity index is 2.23. The van der Waals surface area contributed by atoms with Gasteiger partial charge >= 0.3 is 5.97 Å². The van der Waals surface area contributed by atoms with Crippen LogP contribution in [0.3, 0.4) is 0 Å². The molecular weight excluding hydrogens is 230 g/mol. The third kappa shape index (κ3) is 2.60. The second-order valence-electron chi connectivity index (χ2n) is 4.50. The third-order valence-corrected chi connectivity index (χ3v) is 3.44. The van der Waals surface area contributed by atoms with Crippen LogP contribution in [0.4, 0.5) is 5.82 Å². The predicted molar refractivity (Wildman–Crippen MR) is 68.6 cm³/mol. The molecule has 98 valence electrons. The minimum atomic E-state index is -0.413. The van der Waals surface area contributed by atoms with E-state index in [9.17, 15) is 4.79 Å². The fraction of sp³-hybridized carbons (Fsp3) is 0.615. The Morgan fingerprint density at radius 2 is 2.33 bits per heavy atom. The van der Waals surface area contributed by atoms with Crippen molar-refractivity contribution in [2.75, 3.05) is 18.6 Å². The first kappa shape index (κ1) is 12.8. The summed E-state index contributed by atoms with van der Waals surface area (Å²) in [5.74, 6) is 0.417. The summed E-state index contributed by atoms with van der Waals surface area (Å²) in [5.41, 5.74) is 0.322. The monoisotopic (exact) mass is 249 g/mol. The molecule has 0 aliphatic carbocycles. The topological polar surface area (TPSA) is 55.3 Å². The summed E-state index contributed by atoms with van der Waals surface area (Å²) >= 11 is 0. The van der Waals surface area contributed by atoms with Gasteiger partial charge in [-0.05, 0) is 25.7 Å². The summed E-state index contributed by atoms with van der Waals surface area (Å²) in [4.78, 5) is 22.0. The smallest absolute Gasteiger partial charge is 0.356 e. The molecular formula is C13H19N3O2. The van der Waals surface area contributed by atoms with Crippen LogP contribution in [0.25, 0.3) is 0 Å². The number of methoxy groups -OCH3 is 1. The van der Waals surface area contributed by atoms with Crippen molar-refractivity contribution in [2.24, 2.45) is 0 Å². The maximum absolute atomic E-state index is 11.5. The Morgan fingerprint density at radius 1 is 1.50 bits per heavy atom. The first-order valence-electron chi connectivity index (χ1n) is 6.43. The molecule has 2 heterocycles. The minimum Gasteiger partial charge on any atom is -0.464 e. The Kier molecular flexibility index (Phi) is 4.12. The van der Waals surface area contributed by atoms with Crippen molar-refractivity contribution in [2.45, 2.75) is 38.6 Å². The van der Waals surface area contributed by atoms with Gasteiger partial charge in [0.05, 0.1) is 7.11 Å². The molecule has 1 aliphatic rings. The maximum Gasteiger partial charge on any atom is 0.356 e. The molecule has 0 amide bonds. The summed E-state index contributed by atoms with van der Waals surface area (Å²) in [6.07, 6.45) is 6.16. The van der Waals surface area contributed by atoms with E-state index in [1.165, 1.54) is 32.7 Å². The van der Waals surface area contributed by atoms with Crippen LogP contribution in [-0.2, 0) is 4.74 Å². The molecule has 1 fully saturated rings. The lowest BCUT2D eigenvalue weighted by atomic mass is 10.00. The van der Waals surface area contributed by atoms with Gasteiger partial charge in [0.2, 0.25) is 0 Å². The highest BCUT2D eigenvalue weighted by atomic mass is 16.5. The SMILES string of the molecule is CC[C@H]1CCCCN1c1cc(C(=O)OC)ncn1. The van der Waals surface area contributed by atoms with Gasteiger partial charge in [-0.25, -0.2) is 14.8 Å². The van der Waals surface area contributed by atoms with Gasteiger partial charge in [0.25, 0.3) is 0 Å². The number of esters is 1. The van der Waals surface area contributed by atoms with E-state index in [2.05, 4.69) is 26.5 Å². The normalized spacial score (nSPS) is 19.7. The molecule has 18 heavy (non-hydrogen) atoms. The lowest BCUT2D eigenvalue weighted by molar-refractivity contribution is 0.0594. The first-order valence-corrected chi connectivity index (χ1v) is 6.43. The summed E-state index contributed by atoms with van der Waals surface area (Å²) in [6, 6.07) is 2.24. The molecule has 1 atom stereocenters. The van der Waals surface area contributed by atoms with E-state index in [-0.39, 0.29) is 0 Å². The number of hydrogen-bond donors (Lipinski definition) is 0. The van der Waals surface area contributed by atoms with E-state index in [4.69, 9.17) is 0 Å². The summed E-state index contributed by atoms with van der Waals surface area (Å²) < 4.78 is 4.68. The number of rotatable bonds is 3. The largest absolute Gasteiger partial charge is 0.464 e. The second kappa shape index (κ2) is 5.80. The van der Waals surface area contributed by atoms with E-state index >= 15 is 0 Å². The Morgan fingerprint density at radius 3 is 3.06 bits per heavy atom. The average molecular weight is 249 g/mol. The number of aromatic nitrogens is 2. The van der Waals surface area contributed by atoms with Crippen LogP contribution in [0.1, 0.15) is 43.1 Å². The molecule has 0 unspecified atom stereocenters. The molecule has 2 rings (SSSR count). The molecule has 0 aromatic carbocycles. The van der Waals surface area contributed by atoms with Crippen molar-refractivity contribution < 1.29 is 9.53 Å². The zero-order valence-corrected chi connectivity index (χ0v) is 10.9. The number of piperidine rings is 1. The molecule has 0 saturated carbocycles. The van der Waals surface area contributed by atoms with Crippen molar-refractivity contribution >= 4 is 11.8 Å². The van der Waals surface area contributed by atoms with Crippen LogP contribution in [0.15, 0.2) is 12.4 Å². The van der Waals surface area contributed by atoms with Crippen LogP contribution in [0.5, 0.6) is 0 Å². The molecule has 0 spiro atoms. The van der Waals surface area contributed by atoms with E-state index in [0.717, 1.165) is 18.8 Å². The third-order valence-electron chi connectivity index (χ3n) is 3.44. The van der Waals surface area contributed by atoms with Crippen molar-refractivity contribution in [1.82, 2.24) is 9.97 Å². The molecule has 5 nitrogen and oxygen atoms in total. The van der Waals surface area contributed by atoms with Crippen LogP contribution < -0.4 is 4.90 Å². The fourth-order valence-corrected chi connectivity index (χ4v) is 2.45. The van der Waals surface area contributed by atoms with Gasteiger partial charge in [0, 0.05) is 18.7 Å². The number of carbonyl (C=O) groups excluding carboxylic acids is 1. The summed E-state index contributed by atoms with van der Waals surface area (Å²) in [5, 5.41) is 0. The molecule has 5 heteroatoms. The van der Waals surface area contributed by atoms with Gasteiger partial charge in [0.1, 0.15) is 12.1 Å². The number of anilines is 1. The molecule has 1 aromatic rings. The van der Waals surface area contributed by atoms with Crippen molar-refractivity contribution in [3.05, 3.63) is 18.1 Å². The van der Waals surface area contributed by atoms with E-state index in [0.29, 0.717) is 11.7 Å². The van der Waals surface area contributed by atoms with Crippen LogP contribution in [0, 0.1) is 0 Å². The number of hydrogen-bond acceptors (Lipinski definition) is 5. The van der Waals surface area contributed by atoms with Gasteiger partial charge in [-0.1, -0.05) is 6.92 Å². The number of nitrogens with zero attached hydrogens (tertiary/aromatic N) is 3. The molecule has 1 aliphatic heterocycles. The van der Waals surface area contributed by atoms with Crippen LogP contribution in [-0.4, -0.2) is 35.6 Å². The van der Waals surface area contributed by atoms with Gasteiger partial charge in [-0.2, -0.15) is 0 Å². The highest BCUT2D eigenvalue weighted by Crippen LogP contribution is 2.24. The van der Waals surface area contributed by atoms with Gasteiger partial charge in [0.15, 0.2) is 5.69 Å². The van der Waals surface area contributed by atoms with E-state index in [1.54, 1.807) is 6.07 Å². The Bertz CT molecular complexity index is 422. The molecule has 1 saturated heterocycles. The fourth-order valence-electron chi connectivity index (χ4n) is 2.45. The zero-order chi connectivity index (χ0) is 13.0. The summed E-state index contributed by atoms with van der Waals surface area (Å²) in [7, 11) is 1.36. The van der Waals surface area contributed by atoms with E-state index in [1.807, 2.05) is 0 Å². The lowest BCUT2D eigenvalue weighted by Crippen LogP contribution is -2.39. The molecule has 0 radical (unpaired) electrons. The van der Waals surface area contributed by atoms with Crippen LogP contribution in [0.2, 0.25) is 0 Å². The average Bonchev–Trinajstić information content (AvgIpc) is 2.46.